The number of nitrogen functional groups attached to an aromatic ring is 1. The molecule has 0 unspecified atom stereocenters. The van der Waals surface area contributed by atoms with E-state index in [1.807, 2.05) is 6.92 Å². The van der Waals surface area contributed by atoms with Gasteiger partial charge in [0.2, 0.25) is 9.84 Å². The number of nitrogens with two attached hydrogens (primary N) is 1. The zero-order chi connectivity index (χ0) is 11.5. The maximum Gasteiger partial charge on any atom is 0.250 e. The number of hydrogen-bond donors (Lipinski definition) is 2. The SMILES string of the molecule is CCCNc1cc(N)nc(S(C)(=O)=O)n1. The van der Waals surface area contributed by atoms with Gasteiger partial charge in [-0.05, 0) is 6.42 Å². The Morgan fingerprint density at radius 2 is 2.13 bits per heavy atom. The molecule has 0 saturated carbocycles. The number of hydrogen-bond acceptors (Lipinski definition) is 6. The first-order valence-corrected chi connectivity index (χ1v) is 6.41. The fourth-order valence-electron chi connectivity index (χ4n) is 0.953. The molecule has 0 saturated heterocycles. The molecule has 6 nitrogen and oxygen atoms in total. The Bertz CT molecular complexity index is 444. The van der Waals surface area contributed by atoms with Gasteiger partial charge in [0.25, 0.3) is 5.16 Å². The van der Waals surface area contributed by atoms with Crippen molar-refractivity contribution < 1.29 is 8.42 Å². The van der Waals surface area contributed by atoms with E-state index in [1.54, 1.807) is 0 Å². The summed E-state index contributed by atoms with van der Waals surface area (Å²) in [5, 5.41) is 2.70. The van der Waals surface area contributed by atoms with Gasteiger partial charge in [0.05, 0.1) is 0 Å². The minimum atomic E-state index is -3.42. The predicted molar refractivity (Wildman–Crippen MR) is 58.3 cm³/mol. The molecule has 15 heavy (non-hydrogen) atoms. The van der Waals surface area contributed by atoms with Gasteiger partial charge in [-0.25, -0.2) is 18.4 Å². The van der Waals surface area contributed by atoms with Gasteiger partial charge in [-0.1, -0.05) is 6.92 Å². The summed E-state index contributed by atoms with van der Waals surface area (Å²) in [5.74, 6) is 0.578. The molecular formula is C8H14N4O2S. The van der Waals surface area contributed by atoms with Crippen LogP contribution in [0.4, 0.5) is 11.6 Å². The van der Waals surface area contributed by atoms with E-state index in [0.29, 0.717) is 12.4 Å². The van der Waals surface area contributed by atoms with E-state index in [0.717, 1.165) is 12.7 Å². The largest absolute Gasteiger partial charge is 0.383 e. The van der Waals surface area contributed by atoms with Crippen LogP contribution in [-0.2, 0) is 9.84 Å². The van der Waals surface area contributed by atoms with Crippen LogP contribution in [0.25, 0.3) is 0 Å². The molecule has 1 heterocycles. The second-order valence-electron chi connectivity index (χ2n) is 3.16. The van der Waals surface area contributed by atoms with Crippen LogP contribution >= 0.6 is 0 Å². The van der Waals surface area contributed by atoms with E-state index in [1.165, 1.54) is 6.07 Å². The molecule has 3 N–H and O–H groups in total. The summed E-state index contributed by atoms with van der Waals surface area (Å²) in [5.41, 5.74) is 5.47. The normalized spacial score (nSPS) is 11.3. The number of sulfone groups is 1. The van der Waals surface area contributed by atoms with Crippen molar-refractivity contribution >= 4 is 21.5 Å². The number of nitrogens with one attached hydrogen (secondary N) is 1. The van der Waals surface area contributed by atoms with Crippen molar-refractivity contribution in [3.63, 3.8) is 0 Å². The zero-order valence-corrected chi connectivity index (χ0v) is 9.50. The molecule has 0 aliphatic carbocycles. The lowest BCUT2D eigenvalue weighted by Crippen LogP contribution is -2.10. The molecule has 1 rings (SSSR count). The monoisotopic (exact) mass is 230 g/mol. The van der Waals surface area contributed by atoms with Crippen LogP contribution in [0.2, 0.25) is 0 Å². The van der Waals surface area contributed by atoms with Crippen LogP contribution in [0.3, 0.4) is 0 Å². The summed E-state index contributed by atoms with van der Waals surface area (Å²) in [7, 11) is -3.42. The highest BCUT2D eigenvalue weighted by molar-refractivity contribution is 7.90. The van der Waals surface area contributed by atoms with Crippen LogP contribution in [0.15, 0.2) is 11.2 Å². The first kappa shape index (κ1) is 11.7. The topological polar surface area (TPSA) is 98.0 Å². The minimum absolute atomic E-state index is 0.143. The molecule has 0 amide bonds. The van der Waals surface area contributed by atoms with Crippen molar-refractivity contribution in [2.45, 2.75) is 18.5 Å². The van der Waals surface area contributed by atoms with Gasteiger partial charge in [0.1, 0.15) is 11.6 Å². The van der Waals surface area contributed by atoms with Crippen molar-refractivity contribution in [2.24, 2.45) is 0 Å². The quantitative estimate of drug-likeness (QED) is 0.721. The van der Waals surface area contributed by atoms with Crippen molar-refractivity contribution in [2.75, 3.05) is 23.9 Å². The fourth-order valence-corrected chi connectivity index (χ4v) is 1.49. The third kappa shape index (κ3) is 3.35. The lowest BCUT2D eigenvalue weighted by molar-refractivity contribution is 0.593. The number of anilines is 2. The molecular weight excluding hydrogens is 216 g/mol. The van der Waals surface area contributed by atoms with E-state index in [4.69, 9.17) is 5.73 Å². The van der Waals surface area contributed by atoms with E-state index >= 15 is 0 Å². The molecule has 0 aliphatic rings. The van der Waals surface area contributed by atoms with Crippen molar-refractivity contribution in [1.82, 2.24) is 9.97 Å². The standard InChI is InChI=1S/C8H14N4O2S/c1-3-4-10-7-5-6(9)11-8(12-7)15(2,13)14/h5H,3-4H2,1-2H3,(H3,9,10,11,12). The fraction of sp³-hybridized carbons (Fsp3) is 0.500. The molecule has 0 aliphatic heterocycles. The molecule has 84 valence electrons. The lowest BCUT2D eigenvalue weighted by atomic mass is 10.4. The summed E-state index contributed by atoms with van der Waals surface area (Å²) in [6, 6.07) is 1.50. The molecule has 1 aromatic heterocycles. The third-order valence-electron chi connectivity index (χ3n) is 1.61. The smallest absolute Gasteiger partial charge is 0.250 e. The van der Waals surface area contributed by atoms with E-state index in [-0.39, 0.29) is 11.0 Å². The molecule has 1 aromatic rings. The highest BCUT2D eigenvalue weighted by atomic mass is 32.2. The van der Waals surface area contributed by atoms with Crippen molar-refractivity contribution in [3.05, 3.63) is 6.07 Å². The van der Waals surface area contributed by atoms with Crippen LogP contribution in [0, 0.1) is 0 Å². The molecule has 0 spiro atoms. The Labute approximate surface area is 88.8 Å². The van der Waals surface area contributed by atoms with Gasteiger partial charge in [0, 0.05) is 18.9 Å². The second kappa shape index (κ2) is 4.43. The molecule has 0 fully saturated rings. The van der Waals surface area contributed by atoms with Crippen LogP contribution < -0.4 is 11.1 Å². The van der Waals surface area contributed by atoms with Gasteiger partial charge in [-0.15, -0.1) is 0 Å². The summed E-state index contributed by atoms with van der Waals surface area (Å²) in [6.45, 7) is 2.70. The van der Waals surface area contributed by atoms with Crippen LogP contribution in [0.5, 0.6) is 0 Å². The Kier molecular flexibility index (Phi) is 3.46. The van der Waals surface area contributed by atoms with Crippen LogP contribution in [0.1, 0.15) is 13.3 Å². The lowest BCUT2D eigenvalue weighted by Gasteiger charge is -2.05. The average Bonchev–Trinajstić information content (AvgIpc) is 2.12. The molecule has 0 radical (unpaired) electrons. The summed E-state index contributed by atoms with van der Waals surface area (Å²) < 4.78 is 22.4. The van der Waals surface area contributed by atoms with Crippen molar-refractivity contribution in [1.29, 1.82) is 0 Å². The van der Waals surface area contributed by atoms with E-state index in [9.17, 15) is 8.42 Å². The van der Waals surface area contributed by atoms with E-state index in [2.05, 4.69) is 15.3 Å². The zero-order valence-electron chi connectivity index (χ0n) is 8.69. The second-order valence-corrected chi connectivity index (χ2v) is 5.07. The van der Waals surface area contributed by atoms with Gasteiger partial charge >= 0.3 is 0 Å². The number of nitrogens with zero attached hydrogens (tertiary/aromatic N) is 2. The van der Waals surface area contributed by atoms with Gasteiger partial charge in [-0.2, -0.15) is 0 Å². The van der Waals surface area contributed by atoms with Gasteiger partial charge < -0.3 is 11.1 Å². The molecule has 7 heteroatoms. The third-order valence-corrected chi connectivity index (χ3v) is 2.46. The Hall–Kier alpha value is -1.37. The van der Waals surface area contributed by atoms with Gasteiger partial charge in [-0.3, -0.25) is 0 Å². The maximum absolute atomic E-state index is 11.2. The summed E-state index contributed by atoms with van der Waals surface area (Å²) >= 11 is 0. The highest BCUT2D eigenvalue weighted by Gasteiger charge is 2.12. The highest BCUT2D eigenvalue weighted by Crippen LogP contribution is 2.11. The number of aromatic nitrogens is 2. The molecule has 0 atom stereocenters. The Morgan fingerprint density at radius 1 is 1.47 bits per heavy atom. The minimum Gasteiger partial charge on any atom is -0.383 e. The average molecular weight is 230 g/mol. The van der Waals surface area contributed by atoms with Crippen LogP contribution in [-0.4, -0.2) is 31.2 Å². The Balaban J connectivity index is 3.06. The number of rotatable bonds is 4. The molecule has 0 bridgehead atoms. The van der Waals surface area contributed by atoms with E-state index < -0.39 is 9.84 Å². The Morgan fingerprint density at radius 3 is 2.67 bits per heavy atom. The first-order chi connectivity index (χ1) is 6.93. The first-order valence-electron chi connectivity index (χ1n) is 4.52. The maximum atomic E-state index is 11.2. The predicted octanol–water partition coefficient (Wildman–Crippen LogP) is 0.284. The molecule has 0 aromatic carbocycles. The summed E-state index contributed by atoms with van der Waals surface area (Å²) in [4.78, 5) is 7.50. The van der Waals surface area contributed by atoms with Gasteiger partial charge in [0.15, 0.2) is 0 Å². The van der Waals surface area contributed by atoms with Crippen molar-refractivity contribution in [3.8, 4) is 0 Å². The summed E-state index contributed by atoms with van der Waals surface area (Å²) in [6.07, 6.45) is 1.96.